The van der Waals surface area contributed by atoms with Gasteiger partial charge in [0, 0.05) is 5.92 Å². The molecule has 1 heterocycles. The summed E-state index contributed by atoms with van der Waals surface area (Å²) in [6.45, 7) is 0. The third-order valence-corrected chi connectivity index (χ3v) is 2.86. The lowest BCUT2D eigenvalue weighted by atomic mass is 9.97. The summed E-state index contributed by atoms with van der Waals surface area (Å²) in [6, 6.07) is 0. The minimum Gasteiger partial charge on any atom is -0.244 e. The fourth-order valence-electron chi connectivity index (χ4n) is 2.10. The SMILES string of the molecule is O=c1nc(C2CCCCCC2)cn[nH]1. The smallest absolute Gasteiger partial charge is 0.244 e. The molecule has 1 saturated carbocycles. The molecule has 76 valence electrons. The van der Waals surface area contributed by atoms with Gasteiger partial charge in [0.15, 0.2) is 0 Å². The Kier molecular flexibility index (Phi) is 2.91. The monoisotopic (exact) mass is 193 g/mol. The molecule has 0 unspecified atom stereocenters. The molecule has 2 rings (SSSR count). The molecule has 0 atom stereocenters. The molecule has 14 heavy (non-hydrogen) atoms. The Hall–Kier alpha value is -1.19. The van der Waals surface area contributed by atoms with E-state index >= 15 is 0 Å². The molecule has 1 aromatic rings. The summed E-state index contributed by atoms with van der Waals surface area (Å²) in [7, 11) is 0. The van der Waals surface area contributed by atoms with Crippen LogP contribution in [0, 0.1) is 0 Å². The number of H-pyrrole nitrogens is 1. The van der Waals surface area contributed by atoms with E-state index in [1.165, 1.54) is 25.7 Å². The Morgan fingerprint density at radius 1 is 1.21 bits per heavy atom. The van der Waals surface area contributed by atoms with Gasteiger partial charge in [0.05, 0.1) is 11.9 Å². The number of nitrogens with zero attached hydrogens (tertiary/aromatic N) is 2. The van der Waals surface area contributed by atoms with Gasteiger partial charge in [-0.05, 0) is 12.8 Å². The van der Waals surface area contributed by atoms with E-state index in [1.807, 2.05) is 0 Å². The van der Waals surface area contributed by atoms with Gasteiger partial charge in [-0.25, -0.2) is 9.89 Å². The largest absolute Gasteiger partial charge is 0.361 e. The van der Waals surface area contributed by atoms with Crippen molar-refractivity contribution in [3.63, 3.8) is 0 Å². The average Bonchev–Trinajstić information content (AvgIpc) is 2.45. The molecule has 0 saturated heterocycles. The van der Waals surface area contributed by atoms with Crippen molar-refractivity contribution >= 4 is 0 Å². The lowest BCUT2D eigenvalue weighted by molar-refractivity contribution is 0.568. The molecule has 0 aliphatic heterocycles. The summed E-state index contributed by atoms with van der Waals surface area (Å²) in [6.07, 6.45) is 9.12. The van der Waals surface area contributed by atoms with Gasteiger partial charge in [0.2, 0.25) is 0 Å². The van der Waals surface area contributed by atoms with Gasteiger partial charge in [-0.15, -0.1) is 0 Å². The van der Waals surface area contributed by atoms with Crippen LogP contribution in [0.3, 0.4) is 0 Å². The summed E-state index contributed by atoms with van der Waals surface area (Å²) in [5.74, 6) is 0.451. The lowest BCUT2D eigenvalue weighted by Crippen LogP contribution is -2.16. The second-order valence-corrected chi connectivity index (χ2v) is 3.90. The summed E-state index contributed by atoms with van der Waals surface area (Å²) in [4.78, 5) is 15.0. The fourth-order valence-corrected chi connectivity index (χ4v) is 2.10. The topological polar surface area (TPSA) is 58.6 Å². The summed E-state index contributed by atoms with van der Waals surface area (Å²) in [5, 5.41) is 6.10. The van der Waals surface area contributed by atoms with Gasteiger partial charge >= 0.3 is 5.69 Å². The highest BCUT2D eigenvalue weighted by atomic mass is 16.1. The average molecular weight is 193 g/mol. The Labute approximate surface area is 82.8 Å². The van der Waals surface area contributed by atoms with E-state index in [-0.39, 0.29) is 5.69 Å². The summed E-state index contributed by atoms with van der Waals surface area (Å²) in [5.41, 5.74) is 0.544. The third kappa shape index (κ3) is 2.19. The van der Waals surface area contributed by atoms with Gasteiger partial charge in [0.25, 0.3) is 0 Å². The van der Waals surface area contributed by atoms with Crippen LogP contribution in [0.5, 0.6) is 0 Å². The Balaban J connectivity index is 2.16. The molecule has 1 aromatic heterocycles. The van der Waals surface area contributed by atoms with Crippen LogP contribution in [0.4, 0.5) is 0 Å². The van der Waals surface area contributed by atoms with E-state index in [1.54, 1.807) is 6.20 Å². The van der Waals surface area contributed by atoms with Crippen LogP contribution >= 0.6 is 0 Å². The van der Waals surface area contributed by atoms with Crippen molar-refractivity contribution in [1.29, 1.82) is 0 Å². The first-order chi connectivity index (χ1) is 6.86. The summed E-state index contributed by atoms with van der Waals surface area (Å²) < 4.78 is 0. The van der Waals surface area contributed by atoms with E-state index < -0.39 is 0 Å². The van der Waals surface area contributed by atoms with Crippen molar-refractivity contribution in [2.24, 2.45) is 0 Å². The van der Waals surface area contributed by atoms with Crippen LogP contribution in [-0.2, 0) is 0 Å². The number of hydrogen-bond donors (Lipinski definition) is 1. The third-order valence-electron chi connectivity index (χ3n) is 2.86. The quantitative estimate of drug-likeness (QED) is 0.689. The first-order valence-corrected chi connectivity index (χ1v) is 5.28. The molecule has 0 radical (unpaired) electrons. The number of nitrogens with one attached hydrogen (secondary N) is 1. The molecule has 0 spiro atoms. The zero-order valence-electron chi connectivity index (χ0n) is 8.20. The maximum Gasteiger partial charge on any atom is 0.361 e. The zero-order chi connectivity index (χ0) is 9.80. The Bertz CT molecular complexity index is 339. The first-order valence-electron chi connectivity index (χ1n) is 5.28. The minimum absolute atomic E-state index is 0.327. The molecule has 1 fully saturated rings. The van der Waals surface area contributed by atoms with Gasteiger partial charge in [-0.2, -0.15) is 10.1 Å². The summed E-state index contributed by atoms with van der Waals surface area (Å²) >= 11 is 0. The standard InChI is InChI=1S/C10H15N3O/c14-10-12-9(7-11-13-10)8-5-3-1-2-4-6-8/h7-8H,1-6H2,(H,12,13,14). The highest BCUT2D eigenvalue weighted by molar-refractivity contribution is 5.01. The molecule has 4 heteroatoms. The van der Waals surface area contributed by atoms with Crippen molar-refractivity contribution in [3.8, 4) is 0 Å². The second-order valence-electron chi connectivity index (χ2n) is 3.90. The van der Waals surface area contributed by atoms with Gasteiger partial charge in [-0.3, -0.25) is 0 Å². The van der Waals surface area contributed by atoms with Gasteiger partial charge in [-0.1, -0.05) is 25.7 Å². The first kappa shape index (κ1) is 9.37. The van der Waals surface area contributed by atoms with Gasteiger partial charge in [0.1, 0.15) is 0 Å². The van der Waals surface area contributed by atoms with Crippen molar-refractivity contribution < 1.29 is 0 Å². The maximum atomic E-state index is 11.0. The molecule has 1 N–H and O–H groups in total. The van der Waals surface area contributed by atoms with Crippen LogP contribution in [0.1, 0.15) is 50.1 Å². The maximum absolute atomic E-state index is 11.0. The van der Waals surface area contributed by atoms with Crippen molar-refractivity contribution in [2.45, 2.75) is 44.4 Å². The molecule has 1 aliphatic carbocycles. The zero-order valence-corrected chi connectivity index (χ0v) is 8.20. The predicted octanol–water partition coefficient (Wildman–Crippen LogP) is 1.60. The molecule has 4 nitrogen and oxygen atoms in total. The van der Waals surface area contributed by atoms with Crippen molar-refractivity contribution in [3.05, 3.63) is 22.4 Å². The predicted molar refractivity (Wildman–Crippen MR) is 53.1 cm³/mol. The minimum atomic E-state index is -0.327. The molecule has 0 bridgehead atoms. The number of aromatic nitrogens is 3. The van der Waals surface area contributed by atoms with Crippen LogP contribution < -0.4 is 5.69 Å². The van der Waals surface area contributed by atoms with E-state index in [0.29, 0.717) is 5.92 Å². The molecule has 0 aromatic carbocycles. The molecular weight excluding hydrogens is 178 g/mol. The van der Waals surface area contributed by atoms with Crippen molar-refractivity contribution in [2.75, 3.05) is 0 Å². The highest BCUT2D eigenvalue weighted by Crippen LogP contribution is 2.29. The molecule has 0 amide bonds. The van der Waals surface area contributed by atoms with Crippen LogP contribution in [0.2, 0.25) is 0 Å². The van der Waals surface area contributed by atoms with Crippen LogP contribution in [-0.4, -0.2) is 15.2 Å². The number of hydrogen-bond acceptors (Lipinski definition) is 3. The van der Waals surface area contributed by atoms with Crippen LogP contribution in [0.25, 0.3) is 0 Å². The second kappa shape index (κ2) is 4.35. The lowest BCUT2D eigenvalue weighted by Gasteiger charge is -2.11. The van der Waals surface area contributed by atoms with Gasteiger partial charge < -0.3 is 0 Å². The van der Waals surface area contributed by atoms with E-state index in [9.17, 15) is 4.79 Å². The number of rotatable bonds is 1. The van der Waals surface area contributed by atoms with Crippen LogP contribution in [0.15, 0.2) is 11.0 Å². The Morgan fingerprint density at radius 3 is 2.57 bits per heavy atom. The van der Waals surface area contributed by atoms with E-state index in [4.69, 9.17) is 0 Å². The van der Waals surface area contributed by atoms with Crippen molar-refractivity contribution in [1.82, 2.24) is 15.2 Å². The number of aromatic amines is 1. The fraction of sp³-hybridized carbons (Fsp3) is 0.700. The Morgan fingerprint density at radius 2 is 1.93 bits per heavy atom. The van der Waals surface area contributed by atoms with E-state index in [2.05, 4.69) is 15.2 Å². The highest BCUT2D eigenvalue weighted by Gasteiger charge is 2.15. The molecular formula is C10H15N3O. The normalized spacial score (nSPS) is 19.1. The molecule has 1 aliphatic rings. The van der Waals surface area contributed by atoms with E-state index in [0.717, 1.165) is 18.5 Å².